The van der Waals surface area contributed by atoms with Crippen LogP contribution in [0.1, 0.15) is 37.6 Å². The summed E-state index contributed by atoms with van der Waals surface area (Å²) in [5.74, 6) is -0.896. The van der Waals surface area contributed by atoms with Crippen molar-refractivity contribution < 1.29 is 14.7 Å². The molecule has 1 aromatic carbocycles. The van der Waals surface area contributed by atoms with Gasteiger partial charge in [-0.2, -0.15) is 0 Å². The molecule has 4 nitrogen and oxygen atoms in total. The van der Waals surface area contributed by atoms with E-state index < -0.39 is 5.97 Å². The zero-order chi connectivity index (χ0) is 15.3. The van der Waals surface area contributed by atoms with Crippen LogP contribution in [0, 0.1) is 0 Å². The summed E-state index contributed by atoms with van der Waals surface area (Å²) in [6, 6.07) is 4.92. The zero-order valence-electron chi connectivity index (χ0n) is 11.7. The molecular weight excluding hydrogens is 342 g/mol. The quantitative estimate of drug-likeness (QED) is 0.762. The molecule has 0 bridgehead atoms. The van der Waals surface area contributed by atoms with Crippen molar-refractivity contribution in [2.24, 2.45) is 0 Å². The Morgan fingerprint density at radius 2 is 2.05 bits per heavy atom. The van der Waals surface area contributed by atoms with Crippen molar-refractivity contribution >= 4 is 39.6 Å². The Morgan fingerprint density at radius 1 is 1.40 bits per heavy atom. The fraction of sp³-hybridized carbons (Fsp3) is 0.429. The molecular formula is C14H18BrNO3S. The van der Waals surface area contributed by atoms with E-state index in [9.17, 15) is 9.59 Å². The summed E-state index contributed by atoms with van der Waals surface area (Å²) in [6.07, 6.45) is 0.834. The van der Waals surface area contributed by atoms with Gasteiger partial charge in [-0.25, -0.2) is 4.79 Å². The van der Waals surface area contributed by atoms with Gasteiger partial charge in [-0.05, 0) is 38.5 Å². The van der Waals surface area contributed by atoms with Gasteiger partial charge in [0.05, 0.1) is 11.3 Å². The molecule has 6 heteroatoms. The van der Waals surface area contributed by atoms with E-state index in [0.717, 1.165) is 10.9 Å². The number of nitrogens with one attached hydrogen (secondary N) is 1. The normalized spacial score (nSPS) is 11.2. The monoisotopic (exact) mass is 359 g/mol. The first-order valence-electron chi connectivity index (χ1n) is 6.22. The molecule has 1 aromatic rings. The zero-order valence-corrected chi connectivity index (χ0v) is 14.1. The summed E-state index contributed by atoms with van der Waals surface area (Å²) < 4.78 is 0.791. The molecule has 0 saturated carbocycles. The molecule has 0 heterocycles. The van der Waals surface area contributed by atoms with Crippen molar-refractivity contribution in [3.63, 3.8) is 0 Å². The highest BCUT2D eigenvalue weighted by molar-refractivity contribution is 9.10. The average Bonchev–Trinajstić information content (AvgIpc) is 2.35. The first kappa shape index (κ1) is 17.0. The molecule has 0 aromatic heterocycles. The van der Waals surface area contributed by atoms with Crippen LogP contribution in [-0.4, -0.2) is 28.3 Å². The lowest BCUT2D eigenvalue weighted by Crippen LogP contribution is -2.43. The predicted molar refractivity (Wildman–Crippen MR) is 84.3 cm³/mol. The summed E-state index contributed by atoms with van der Waals surface area (Å²) in [7, 11) is 0. The number of thioether (sulfide) groups is 1. The van der Waals surface area contributed by atoms with E-state index >= 15 is 0 Å². The Morgan fingerprint density at radius 3 is 2.60 bits per heavy atom. The number of halogens is 1. The molecule has 0 unspecified atom stereocenters. The smallest absolute Gasteiger partial charge is 0.336 e. The summed E-state index contributed by atoms with van der Waals surface area (Å²) in [4.78, 5) is 23.6. The number of hydrogen-bond acceptors (Lipinski definition) is 3. The van der Waals surface area contributed by atoms with Crippen LogP contribution >= 0.6 is 27.7 Å². The maximum Gasteiger partial charge on any atom is 0.336 e. The Balaban J connectivity index is 2.73. The minimum Gasteiger partial charge on any atom is -0.478 e. The number of carboxylic acid groups (broad SMARTS) is 1. The van der Waals surface area contributed by atoms with Crippen molar-refractivity contribution in [3.05, 3.63) is 28.2 Å². The van der Waals surface area contributed by atoms with Crippen LogP contribution in [0.4, 0.5) is 0 Å². The predicted octanol–water partition coefficient (Wildman–Crippen LogP) is 3.54. The van der Waals surface area contributed by atoms with Crippen molar-refractivity contribution in [2.45, 2.75) is 37.6 Å². The molecule has 110 valence electrons. The molecule has 20 heavy (non-hydrogen) atoms. The van der Waals surface area contributed by atoms with Gasteiger partial charge < -0.3 is 10.4 Å². The second kappa shape index (κ2) is 7.13. The number of rotatable bonds is 6. The Hall–Kier alpha value is -1.01. The first-order chi connectivity index (χ1) is 9.25. The molecule has 1 rings (SSSR count). The van der Waals surface area contributed by atoms with Crippen molar-refractivity contribution in [3.8, 4) is 0 Å². The van der Waals surface area contributed by atoms with Gasteiger partial charge in [0, 0.05) is 14.9 Å². The second-order valence-corrected chi connectivity index (χ2v) is 6.95. The van der Waals surface area contributed by atoms with Gasteiger partial charge in [0.15, 0.2) is 0 Å². The van der Waals surface area contributed by atoms with Crippen LogP contribution in [0.2, 0.25) is 0 Å². The van der Waals surface area contributed by atoms with Gasteiger partial charge in [0.1, 0.15) is 0 Å². The van der Waals surface area contributed by atoms with Crippen LogP contribution in [0.5, 0.6) is 0 Å². The van der Waals surface area contributed by atoms with Crippen LogP contribution < -0.4 is 5.32 Å². The lowest BCUT2D eigenvalue weighted by Gasteiger charge is -2.24. The summed E-state index contributed by atoms with van der Waals surface area (Å²) >= 11 is 4.53. The SMILES string of the molecule is CCC(C)(C)NC(=O)CSc1cc(Br)ccc1C(=O)O. The number of carbonyl (C=O) groups is 2. The van der Waals surface area contributed by atoms with E-state index in [2.05, 4.69) is 21.2 Å². The van der Waals surface area contributed by atoms with E-state index in [0.29, 0.717) is 4.90 Å². The topological polar surface area (TPSA) is 66.4 Å². The van der Waals surface area contributed by atoms with Gasteiger partial charge in [0.2, 0.25) is 5.91 Å². The Bertz CT molecular complexity index is 517. The van der Waals surface area contributed by atoms with E-state index in [4.69, 9.17) is 5.11 Å². The van der Waals surface area contributed by atoms with Crippen molar-refractivity contribution in [1.82, 2.24) is 5.32 Å². The van der Waals surface area contributed by atoms with Crippen LogP contribution in [-0.2, 0) is 4.79 Å². The maximum atomic E-state index is 11.9. The number of aromatic carboxylic acids is 1. The molecule has 2 N–H and O–H groups in total. The molecule has 0 aliphatic heterocycles. The van der Waals surface area contributed by atoms with Gasteiger partial charge in [0.25, 0.3) is 0 Å². The number of amides is 1. The molecule has 0 radical (unpaired) electrons. The Labute approximate surface area is 131 Å². The van der Waals surface area contributed by atoms with Crippen LogP contribution in [0.15, 0.2) is 27.6 Å². The molecule has 0 spiro atoms. The molecule has 0 saturated heterocycles. The summed E-state index contributed by atoms with van der Waals surface area (Å²) in [6.45, 7) is 5.92. The van der Waals surface area contributed by atoms with E-state index in [1.54, 1.807) is 12.1 Å². The third-order valence-corrected chi connectivity index (χ3v) is 4.44. The molecule has 0 fully saturated rings. The highest BCUT2D eigenvalue weighted by atomic mass is 79.9. The van der Waals surface area contributed by atoms with Crippen molar-refractivity contribution in [1.29, 1.82) is 0 Å². The highest BCUT2D eigenvalue weighted by Crippen LogP contribution is 2.26. The number of hydrogen-bond donors (Lipinski definition) is 2. The molecule has 0 atom stereocenters. The molecule has 0 aliphatic rings. The molecule has 0 aliphatic carbocycles. The third-order valence-electron chi connectivity index (χ3n) is 2.89. The minimum absolute atomic E-state index is 0.0989. The number of benzene rings is 1. The highest BCUT2D eigenvalue weighted by Gasteiger charge is 2.18. The average molecular weight is 360 g/mol. The number of carboxylic acids is 1. The van der Waals surface area contributed by atoms with Crippen molar-refractivity contribution in [2.75, 3.05) is 5.75 Å². The first-order valence-corrected chi connectivity index (χ1v) is 7.99. The van der Waals surface area contributed by atoms with Crippen LogP contribution in [0.3, 0.4) is 0 Å². The lowest BCUT2D eigenvalue weighted by molar-refractivity contribution is -0.120. The standard InChI is InChI=1S/C14H18BrNO3S/c1-4-14(2,3)16-12(17)8-20-11-7-9(15)5-6-10(11)13(18)19/h5-7H,4,8H2,1-3H3,(H,16,17)(H,18,19). The van der Waals surface area contributed by atoms with Gasteiger partial charge in [-0.3, -0.25) is 4.79 Å². The van der Waals surface area contributed by atoms with Gasteiger partial charge in [-0.15, -0.1) is 11.8 Å². The maximum absolute atomic E-state index is 11.9. The number of carbonyl (C=O) groups excluding carboxylic acids is 1. The second-order valence-electron chi connectivity index (χ2n) is 5.02. The summed E-state index contributed by atoms with van der Waals surface area (Å²) in [5.41, 5.74) is -0.0365. The lowest BCUT2D eigenvalue weighted by atomic mass is 10.0. The largest absolute Gasteiger partial charge is 0.478 e. The van der Waals surface area contributed by atoms with E-state index in [1.165, 1.54) is 17.8 Å². The minimum atomic E-state index is -0.991. The fourth-order valence-corrected chi connectivity index (χ4v) is 2.83. The third kappa shape index (κ3) is 5.17. The Kier molecular flexibility index (Phi) is 6.07. The van der Waals surface area contributed by atoms with Crippen LogP contribution in [0.25, 0.3) is 0 Å². The van der Waals surface area contributed by atoms with Gasteiger partial charge in [-0.1, -0.05) is 22.9 Å². The van der Waals surface area contributed by atoms with E-state index in [-0.39, 0.29) is 22.8 Å². The van der Waals surface area contributed by atoms with E-state index in [1.807, 2.05) is 20.8 Å². The fourth-order valence-electron chi connectivity index (χ4n) is 1.44. The molecule has 1 amide bonds. The van der Waals surface area contributed by atoms with Gasteiger partial charge >= 0.3 is 5.97 Å². The summed E-state index contributed by atoms with van der Waals surface area (Å²) in [5, 5.41) is 12.0.